The first-order valence-corrected chi connectivity index (χ1v) is 6.36. The van der Waals surface area contributed by atoms with Crippen LogP contribution in [0.1, 0.15) is 6.42 Å². The van der Waals surface area contributed by atoms with Crippen molar-refractivity contribution in [2.75, 3.05) is 44.4 Å². The van der Waals surface area contributed by atoms with Gasteiger partial charge in [0.1, 0.15) is 0 Å². The van der Waals surface area contributed by atoms with Crippen LogP contribution < -0.4 is 10.2 Å². The van der Waals surface area contributed by atoms with Crippen molar-refractivity contribution in [3.05, 3.63) is 23.2 Å². The molecule has 1 N–H and O–H groups in total. The molecule has 0 radical (unpaired) electrons. The fourth-order valence-corrected chi connectivity index (χ4v) is 2.46. The number of benzene rings is 1. The number of likely N-dealkylation sites (tertiary alicyclic amines) is 1. The van der Waals surface area contributed by atoms with E-state index in [2.05, 4.69) is 42.3 Å². The second-order valence-corrected chi connectivity index (χ2v) is 5.38. The van der Waals surface area contributed by atoms with Crippen molar-refractivity contribution in [3.63, 3.8) is 0 Å². The number of nitrogens with one attached hydrogen (secondary N) is 1. The zero-order valence-electron chi connectivity index (χ0n) is 10.7. The van der Waals surface area contributed by atoms with E-state index in [1.54, 1.807) is 0 Å². The molecule has 0 aliphatic carbocycles. The molecule has 3 nitrogen and oxygen atoms in total. The van der Waals surface area contributed by atoms with Gasteiger partial charge in [0.15, 0.2) is 0 Å². The van der Waals surface area contributed by atoms with Crippen molar-refractivity contribution < 1.29 is 0 Å². The summed E-state index contributed by atoms with van der Waals surface area (Å²) in [7, 11) is 6.26. The van der Waals surface area contributed by atoms with Gasteiger partial charge in [0.2, 0.25) is 0 Å². The third kappa shape index (κ3) is 3.05. The molecule has 0 bridgehead atoms. The van der Waals surface area contributed by atoms with Crippen LogP contribution in [0.25, 0.3) is 0 Å². The first-order valence-electron chi connectivity index (χ1n) is 5.98. The molecule has 1 aliphatic heterocycles. The first-order chi connectivity index (χ1) is 8.06. The highest BCUT2D eigenvalue weighted by atomic mass is 35.5. The number of anilines is 2. The Kier molecular flexibility index (Phi) is 3.79. The molecule has 0 amide bonds. The van der Waals surface area contributed by atoms with Crippen molar-refractivity contribution in [3.8, 4) is 0 Å². The summed E-state index contributed by atoms with van der Waals surface area (Å²) in [5.41, 5.74) is 2.31. The molecule has 0 saturated carbocycles. The molecule has 1 fully saturated rings. The fourth-order valence-electron chi connectivity index (χ4n) is 2.29. The van der Waals surface area contributed by atoms with Gasteiger partial charge < -0.3 is 15.1 Å². The lowest BCUT2D eigenvalue weighted by molar-refractivity contribution is 0.414. The fraction of sp³-hybridized carbons (Fsp3) is 0.538. The number of likely N-dealkylation sites (N-methyl/N-ethyl adjacent to an activating group) is 1. The van der Waals surface area contributed by atoms with Crippen molar-refractivity contribution in [1.82, 2.24) is 4.90 Å². The highest BCUT2D eigenvalue weighted by molar-refractivity contribution is 6.31. The van der Waals surface area contributed by atoms with Crippen LogP contribution in [0.3, 0.4) is 0 Å². The van der Waals surface area contributed by atoms with Gasteiger partial charge in [-0.05, 0) is 38.2 Å². The minimum absolute atomic E-state index is 0.525. The minimum Gasteiger partial charge on any atom is -0.379 e. The zero-order valence-corrected chi connectivity index (χ0v) is 11.5. The van der Waals surface area contributed by atoms with Gasteiger partial charge in [-0.15, -0.1) is 0 Å². The Balaban J connectivity index is 2.16. The molecule has 94 valence electrons. The summed E-state index contributed by atoms with van der Waals surface area (Å²) in [4.78, 5) is 4.45. The average molecular weight is 254 g/mol. The van der Waals surface area contributed by atoms with Crippen LogP contribution >= 0.6 is 11.6 Å². The summed E-state index contributed by atoms with van der Waals surface area (Å²) in [5.74, 6) is 0. The number of hydrogen-bond donors (Lipinski definition) is 1. The summed E-state index contributed by atoms with van der Waals surface area (Å²) >= 11 is 6.07. The topological polar surface area (TPSA) is 18.5 Å². The molecule has 17 heavy (non-hydrogen) atoms. The van der Waals surface area contributed by atoms with E-state index in [1.165, 1.54) is 12.1 Å². The van der Waals surface area contributed by atoms with E-state index in [9.17, 15) is 0 Å². The first kappa shape index (κ1) is 12.5. The molecule has 1 atom stereocenters. The smallest absolute Gasteiger partial charge is 0.0597 e. The van der Waals surface area contributed by atoms with Crippen molar-refractivity contribution in [2.45, 2.75) is 12.5 Å². The van der Waals surface area contributed by atoms with Crippen LogP contribution in [0.2, 0.25) is 5.02 Å². The highest BCUT2D eigenvalue weighted by Gasteiger charge is 2.20. The molecule has 0 spiro atoms. The maximum absolute atomic E-state index is 6.07. The van der Waals surface area contributed by atoms with Gasteiger partial charge in [0, 0.05) is 31.7 Å². The standard InChI is InChI=1S/C13H20ClN3/c1-16(2)13-5-4-10(14)8-12(13)15-11-6-7-17(3)9-11/h4-5,8,11,15H,6-7,9H2,1-3H3. The maximum Gasteiger partial charge on any atom is 0.0597 e. The molecule has 1 aliphatic rings. The van der Waals surface area contributed by atoms with Gasteiger partial charge in [-0.2, -0.15) is 0 Å². The summed E-state index contributed by atoms with van der Waals surface area (Å²) in [6.45, 7) is 2.26. The number of rotatable bonds is 3. The Labute approximate surface area is 108 Å². The molecule has 1 unspecified atom stereocenters. The lowest BCUT2D eigenvalue weighted by Gasteiger charge is -2.22. The van der Waals surface area contributed by atoms with E-state index in [0.717, 1.165) is 23.8 Å². The molecule has 1 aromatic rings. The number of nitrogens with zero attached hydrogens (tertiary/aromatic N) is 2. The molecule has 2 rings (SSSR count). The lowest BCUT2D eigenvalue weighted by Crippen LogP contribution is -2.24. The monoisotopic (exact) mass is 253 g/mol. The van der Waals surface area contributed by atoms with Crippen LogP contribution in [0.5, 0.6) is 0 Å². The van der Waals surface area contributed by atoms with Crippen LogP contribution in [0.4, 0.5) is 11.4 Å². The van der Waals surface area contributed by atoms with Gasteiger partial charge in [-0.25, -0.2) is 0 Å². The zero-order chi connectivity index (χ0) is 12.4. The third-order valence-corrected chi connectivity index (χ3v) is 3.43. The van der Waals surface area contributed by atoms with Gasteiger partial charge in [-0.3, -0.25) is 0 Å². The van der Waals surface area contributed by atoms with Gasteiger partial charge in [-0.1, -0.05) is 11.6 Å². The molecule has 4 heteroatoms. The van der Waals surface area contributed by atoms with Gasteiger partial charge in [0.05, 0.1) is 11.4 Å². The Bertz CT molecular complexity index is 392. The Morgan fingerprint density at radius 2 is 2.18 bits per heavy atom. The predicted molar refractivity (Wildman–Crippen MR) is 75.3 cm³/mol. The summed E-state index contributed by atoms with van der Waals surface area (Å²) in [6.07, 6.45) is 1.19. The van der Waals surface area contributed by atoms with E-state index >= 15 is 0 Å². The van der Waals surface area contributed by atoms with E-state index < -0.39 is 0 Å². The molecule has 1 aromatic carbocycles. The average Bonchev–Trinajstić information content (AvgIpc) is 2.63. The van der Waals surface area contributed by atoms with Crippen LogP contribution in [-0.4, -0.2) is 45.2 Å². The van der Waals surface area contributed by atoms with Crippen LogP contribution in [0, 0.1) is 0 Å². The van der Waals surface area contributed by atoms with Crippen molar-refractivity contribution >= 4 is 23.0 Å². The van der Waals surface area contributed by atoms with E-state index in [4.69, 9.17) is 11.6 Å². The normalized spacial score (nSPS) is 20.6. The Morgan fingerprint density at radius 1 is 1.41 bits per heavy atom. The number of hydrogen-bond acceptors (Lipinski definition) is 3. The highest BCUT2D eigenvalue weighted by Crippen LogP contribution is 2.29. The Morgan fingerprint density at radius 3 is 2.76 bits per heavy atom. The second kappa shape index (κ2) is 5.15. The van der Waals surface area contributed by atoms with Crippen molar-refractivity contribution in [2.24, 2.45) is 0 Å². The molecular formula is C13H20ClN3. The van der Waals surface area contributed by atoms with E-state index in [0.29, 0.717) is 6.04 Å². The molecule has 0 aromatic heterocycles. The lowest BCUT2D eigenvalue weighted by atomic mass is 10.2. The van der Waals surface area contributed by atoms with Crippen LogP contribution in [0.15, 0.2) is 18.2 Å². The quantitative estimate of drug-likeness (QED) is 0.893. The van der Waals surface area contributed by atoms with E-state index in [1.807, 2.05) is 12.1 Å². The van der Waals surface area contributed by atoms with E-state index in [-0.39, 0.29) is 0 Å². The molecule has 1 heterocycles. The summed E-state index contributed by atoms with van der Waals surface area (Å²) in [5, 5.41) is 4.38. The SMILES string of the molecule is CN1CCC(Nc2cc(Cl)ccc2N(C)C)C1. The Hall–Kier alpha value is -0.930. The van der Waals surface area contributed by atoms with Crippen molar-refractivity contribution in [1.29, 1.82) is 0 Å². The van der Waals surface area contributed by atoms with Gasteiger partial charge in [0.25, 0.3) is 0 Å². The maximum atomic E-state index is 6.07. The third-order valence-electron chi connectivity index (χ3n) is 3.19. The summed E-state index contributed by atoms with van der Waals surface area (Å²) < 4.78 is 0. The summed E-state index contributed by atoms with van der Waals surface area (Å²) in [6, 6.07) is 6.53. The van der Waals surface area contributed by atoms with Gasteiger partial charge >= 0.3 is 0 Å². The molecular weight excluding hydrogens is 234 g/mol. The van der Waals surface area contributed by atoms with Crippen LogP contribution in [-0.2, 0) is 0 Å². The molecule has 1 saturated heterocycles. The largest absolute Gasteiger partial charge is 0.379 e. The predicted octanol–water partition coefficient (Wildman–Crippen LogP) is 2.52. The second-order valence-electron chi connectivity index (χ2n) is 4.95. The number of halogens is 1. The minimum atomic E-state index is 0.525.